The van der Waals surface area contributed by atoms with Crippen LogP contribution in [0.2, 0.25) is 0 Å². The minimum Gasteiger partial charge on any atom is -0.352 e. The molecule has 5 nitrogen and oxygen atoms in total. The third-order valence-electron chi connectivity index (χ3n) is 3.89. The Labute approximate surface area is 144 Å². The predicted molar refractivity (Wildman–Crippen MR) is 94.6 cm³/mol. The second kappa shape index (κ2) is 9.53. The third kappa shape index (κ3) is 6.20. The number of nitrogens with one attached hydrogen (secondary N) is 1. The third-order valence-corrected chi connectivity index (χ3v) is 3.89. The Balaban J connectivity index is 0.00000264. The van der Waals surface area contributed by atoms with E-state index in [4.69, 9.17) is 5.73 Å². The molecule has 1 saturated heterocycles. The van der Waals surface area contributed by atoms with Crippen LogP contribution in [0.15, 0.2) is 24.3 Å². The molecule has 3 N–H and O–H groups in total. The van der Waals surface area contributed by atoms with Crippen LogP contribution in [0.3, 0.4) is 0 Å². The average molecular weight is 340 g/mol. The predicted octanol–water partition coefficient (Wildman–Crippen LogP) is 2.37. The maximum absolute atomic E-state index is 11.9. The zero-order valence-corrected chi connectivity index (χ0v) is 14.4. The first-order valence-corrected chi connectivity index (χ1v) is 7.98. The number of benzene rings is 1. The minimum atomic E-state index is 0. The summed E-state index contributed by atoms with van der Waals surface area (Å²) >= 11 is 0. The highest BCUT2D eigenvalue weighted by molar-refractivity contribution is 5.93. The lowest BCUT2D eigenvalue weighted by atomic mass is 10.1. The Morgan fingerprint density at radius 1 is 1.30 bits per heavy atom. The monoisotopic (exact) mass is 339 g/mol. The Hall–Kier alpha value is -1.59. The number of carbonyl (C=O) groups excluding carboxylic acids is 2. The van der Waals surface area contributed by atoms with Crippen LogP contribution in [0.4, 0.5) is 5.69 Å². The van der Waals surface area contributed by atoms with Crippen molar-refractivity contribution in [2.75, 3.05) is 11.4 Å². The molecular formula is C17H26ClN3O2. The van der Waals surface area contributed by atoms with E-state index in [0.29, 0.717) is 25.8 Å². The molecule has 6 heteroatoms. The van der Waals surface area contributed by atoms with Gasteiger partial charge in [0.25, 0.3) is 0 Å². The van der Waals surface area contributed by atoms with E-state index in [0.717, 1.165) is 30.6 Å². The van der Waals surface area contributed by atoms with Crippen LogP contribution >= 0.6 is 12.4 Å². The van der Waals surface area contributed by atoms with Gasteiger partial charge in [-0.1, -0.05) is 12.1 Å². The number of amides is 2. The van der Waals surface area contributed by atoms with Crippen molar-refractivity contribution in [1.82, 2.24) is 5.32 Å². The minimum absolute atomic E-state index is 0. The van der Waals surface area contributed by atoms with Gasteiger partial charge in [0.2, 0.25) is 11.8 Å². The molecule has 1 aromatic rings. The quantitative estimate of drug-likeness (QED) is 0.835. The molecule has 0 radical (unpaired) electrons. The van der Waals surface area contributed by atoms with Gasteiger partial charge in [0.1, 0.15) is 0 Å². The van der Waals surface area contributed by atoms with Crippen molar-refractivity contribution in [2.24, 2.45) is 5.73 Å². The van der Waals surface area contributed by atoms with Gasteiger partial charge >= 0.3 is 0 Å². The second-order valence-corrected chi connectivity index (χ2v) is 5.96. The van der Waals surface area contributed by atoms with Gasteiger partial charge in [0.15, 0.2) is 0 Å². The van der Waals surface area contributed by atoms with Crippen molar-refractivity contribution in [1.29, 1.82) is 0 Å². The van der Waals surface area contributed by atoms with Gasteiger partial charge in [-0.05, 0) is 43.9 Å². The molecule has 23 heavy (non-hydrogen) atoms. The molecule has 0 spiro atoms. The van der Waals surface area contributed by atoms with Gasteiger partial charge < -0.3 is 16.0 Å². The molecule has 1 aliphatic heterocycles. The summed E-state index contributed by atoms with van der Waals surface area (Å²) in [4.78, 5) is 25.4. The van der Waals surface area contributed by atoms with Crippen LogP contribution in [0.1, 0.15) is 44.6 Å². The van der Waals surface area contributed by atoms with Crippen LogP contribution in [0.5, 0.6) is 0 Å². The maximum atomic E-state index is 11.9. The smallest absolute Gasteiger partial charge is 0.226 e. The SMILES string of the molecule is CC(N)CCC(=O)NCc1ccc(N2CCCCC2=O)cc1.Cl. The molecule has 1 unspecified atom stereocenters. The van der Waals surface area contributed by atoms with Crippen LogP contribution in [-0.2, 0) is 16.1 Å². The Morgan fingerprint density at radius 2 is 2.00 bits per heavy atom. The number of nitrogens with zero attached hydrogens (tertiary/aromatic N) is 1. The highest BCUT2D eigenvalue weighted by Crippen LogP contribution is 2.21. The molecule has 0 bridgehead atoms. The summed E-state index contributed by atoms with van der Waals surface area (Å²) in [6.07, 6.45) is 3.83. The molecule has 1 atom stereocenters. The molecule has 1 aromatic carbocycles. The molecule has 0 aromatic heterocycles. The van der Waals surface area contributed by atoms with Crippen LogP contribution in [-0.4, -0.2) is 24.4 Å². The Kier molecular flexibility index (Phi) is 8.06. The number of halogens is 1. The van der Waals surface area contributed by atoms with Crippen molar-refractivity contribution < 1.29 is 9.59 Å². The van der Waals surface area contributed by atoms with E-state index < -0.39 is 0 Å². The molecule has 2 amide bonds. The molecule has 128 valence electrons. The zero-order valence-electron chi connectivity index (χ0n) is 13.6. The van der Waals surface area contributed by atoms with E-state index in [-0.39, 0.29) is 30.3 Å². The summed E-state index contributed by atoms with van der Waals surface area (Å²) in [5.41, 5.74) is 7.61. The van der Waals surface area contributed by atoms with Gasteiger partial charge in [0.05, 0.1) is 0 Å². The topological polar surface area (TPSA) is 75.4 Å². The number of rotatable bonds is 6. The first-order valence-electron chi connectivity index (χ1n) is 7.98. The van der Waals surface area contributed by atoms with Gasteiger partial charge in [-0.25, -0.2) is 0 Å². The fourth-order valence-electron chi connectivity index (χ4n) is 2.52. The average Bonchev–Trinajstić information content (AvgIpc) is 2.52. The van der Waals surface area contributed by atoms with E-state index in [1.165, 1.54) is 0 Å². The van der Waals surface area contributed by atoms with Gasteiger partial charge in [-0.15, -0.1) is 12.4 Å². The van der Waals surface area contributed by atoms with Gasteiger partial charge in [-0.3, -0.25) is 9.59 Å². The Bertz CT molecular complexity index is 517. The fraction of sp³-hybridized carbons (Fsp3) is 0.529. The van der Waals surface area contributed by atoms with Crippen molar-refractivity contribution in [3.8, 4) is 0 Å². The van der Waals surface area contributed by atoms with Crippen LogP contribution in [0.25, 0.3) is 0 Å². The largest absolute Gasteiger partial charge is 0.352 e. The molecular weight excluding hydrogens is 314 g/mol. The highest BCUT2D eigenvalue weighted by Gasteiger charge is 2.19. The summed E-state index contributed by atoms with van der Waals surface area (Å²) in [6.45, 7) is 3.20. The standard InChI is InChI=1S/C17H25N3O2.ClH/c1-13(18)5-10-16(21)19-12-14-6-8-15(9-7-14)20-11-3-2-4-17(20)22;/h6-9,13H,2-5,10-12,18H2,1H3,(H,19,21);1H. The summed E-state index contributed by atoms with van der Waals surface area (Å²) in [6, 6.07) is 7.87. The maximum Gasteiger partial charge on any atom is 0.226 e. The fourth-order valence-corrected chi connectivity index (χ4v) is 2.52. The van der Waals surface area contributed by atoms with Crippen LogP contribution in [0, 0.1) is 0 Å². The highest BCUT2D eigenvalue weighted by atomic mass is 35.5. The second-order valence-electron chi connectivity index (χ2n) is 5.96. The lowest BCUT2D eigenvalue weighted by Crippen LogP contribution is -2.35. The Morgan fingerprint density at radius 3 is 2.61 bits per heavy atom. The number of anilines is 1. The molecule has 1 heterocycles. The normalized spacial score (nSPS) is 15.7. The molecule has 0 aliphatic carbocycles. The van der Waals surface area contributed by atoms with E-state index in [1.807, 2.05) is 36.1 Å². The summed E-state index contributed by atoms with van der Waals surface area (Å²) in [7, 11) is 0. The first-order chi connectivity index (χ1) is 10.6. The number of piperidine rings is 1. The lowest BCUT2D eigenvalue weighted by molar-refractivity contribution is -0.121. The zero-order chi connectivity index (χ0) is 15.9. The van der Waals surface area contributed by atoms with Crippen molar-refractivity contribution in [3.63, 3.8) is 0 Å². The van der Waals surface area contributed by atoms with Gasteiger partial charge in [0, 0.05) is 37.7 Å². The molecule has 1 fully saturated rings. The number of hydrogen-bond donors (Lipinski definition) is 2. The summed E-state index contributed by atoms with van der Waals surface area (Å²) < 4.78 is 0. The van der Waals surface area contributed by atoms with E-state index in [1.54, 1.807) is 0 Å². The van der Waals surface area contributed by atoms with Gasteiger partial charge in [-0.2, -0.15) is 0 Å². The number of nitrogens with two attached hydrogens (primary N) is 1. The lowest BCUT2D eigenvalue weighted by Gasteiger charge is -2.26. The van der Waals surface area contributed by atoms with Crippen LogP contribution < -0.4 is 16.0 Å². The molecule has 0 saturated carbocycles. The van der Waals surface area contributed by atoms with E-state index in [9.17, 15) is 9.59 Å². The van der Waals surface area contributed by atoms with E-state index in [2.05, 4.69) is 5.32 Å². The summed E-state index contributed by atoms with van der Waals surface area (Å²) in [5.74, 6) is 0.218. The molecule has 2 rings (SSSR count). The number of carbonyl (C=O) groups is 2. The van der Waals surface area contributed by atoms with E-state index >= 15 is 0 Å². The number of hydrogen-bond acceptors (Lipinski definition) is 3. The molecule has 1 aliphatic rings. The van der Waals surface area contributed by atoms with Crippen molar-refractivity contribution in [2.45, 2.75) is 51.6 Å². The van der Waals surface area contributed by atoms with Crippen molar-refractivity contribution >= 4 is 29.9 Å². The van der Waals surface area contributed by atoms with Crippen molar-refractivity contribution in [3.05, 3.63) is 29.8 Å². The first kappa shape index (κ1) is 19.5. The summed E-state index contributed by atoms with van der Waals surface area (Å²) in [5, 5.41) is 2.89.